The van der Waals surface area contributed by atoms with Crippen LogP contribution in [-0.2, 0) is 21.9 Å². The molecule has 0 aromatic heterocycles. The van der Waals surface area contributed by atoms with Crippen molar-refractivity contribution >= 4 is 5.97 Å². The molecular formula is C6H13MnNaO7. The van der Waals surface area contributed by atoms with Gasteiger partial charge in [-0.25, -0.2) is 4.79 Å². The van der Waals surface area contributed by atoms with Crippen molar-refractivity contribution in [3.8, 4) is 0 Å². The van der Waals surface area contributed by atoms with Crippen LogP contribution < -0.4 is 29.6 Å². The predicted molar refractivity (Wildman–Crippen MR) is 39.9 cm³/mol. The fourth-order valence-corrected chi connectivity index (χ4v) is 0.668. The molecule has 6 N–H and O–H groups in total. The Balaban J connectivity index is -0.000000240. The number of aliphatic carboxylic acids is 1. The topological polar surface area (TPSA) is 138 Å². The van der Waals surface area contributed by atoms with Crippen LogP contribution >= 0.6 is 0 Å². The smallest absolute Gasteiger partial charge is 1.00 e. The predicted octanol–water partition coefficient (Wildman–Crippen LogP) is -6.38. The van der Waals surface area contributed by atoms with Crippen LogP contribution in [0.15, 0.2) is 0 Å². The molecule has 0 aliphatic rings. The molecule has 0 aliphatic carbocycles. The fraction of sp³-hybridized carbons (Fsp3) is 0.833. The van der Waals surface area contributed by atoms with Crippen molar-refractivity contribution in [3.63, 3.8) is 0 Å². The Morgan fingerprint density at radius 2 is 1.53 bits per heavy atom. The third kappa shape index (κ3) is 6.85. The monoisotopic (exact) mass is 275 g/mol. The number of carbonyl (C=O) groups is 1. The summed E-state index contributed by atoms with van der Waals surface area (Å²) in [6.45, 7) is -0.843. The number of aliphatic hydroxyl groups excluding tert-OH is 5. The van der Waals surface area contributed by atoms with Crippen molar-refractivity contribution in [1.82, 2.24) is 0 Å². The minimum absolute atomic E-state index is 0. The first kappa shape index (κ1) is 21.1. The SMILES string of the molecule is O=C(O)[C@H](O)[C@@H](O)[C@H](O)[C@H](O)CO.[H-].[Mn].[Na+]. The minimum atomic E-state index is -2.20. The van der Waals surface area contributed by atoms with Crippen LogP contribution in [0.1, 0.15) is 1.43 Å². The van der Waals surface area contributed by atoms with Gasteiger partial charge in [0.05, 0.1) is 6.61 Å². The van der Waals surface area contributed by atoms with Gasteiger partial charge < -0.3 is 32.1 Å². The van der Waals surface area contributed by atoms with E-state index in [9.17, 15) is 4.79 Å². The molecule has 0 saturated heterocycles. The van der Waals surface area contributed by atoms with Crippen molar-refractivity contribution in [2.24, 2.45) is 0 Å². The quantitative estimate of drug-likeness (QED) is 0.274. The molecule has 0 saturated carbocycles. The molecule has 0 spiro atoms. The number of aliphatic hydroxyl groups is 5. The fourth-order valence-electron chi connectivity index (χ4n) is 0.668. The Labute approximate surface area is 120 Å². The number of carboxylic acid groups (broad SMARTS) is 1. The second-order valence-electron chi connectivity index (χ2n) is 2.51. The molecule has 0 unspecified atom stereocenters. The summed E-state index contributed by atoms with van der Waals surface area (Å²) in [5, 5.41) is 51.8. The summed E-state index contributed by atoms with van der Waals surface area (Å²) in [4.78, 5) is 10.1. The van der Waals surface area contributed by atoms with Crippen LogP contribution in [0.3, 0.4) is 0 Å². The molecule has 0 fully saturated rings. The number of hydrogen-bond acceptors (Lipinski definition) is 6. The van der Waals surface area contributed by atoms with Crippen LogP contribution in [0.25, 0.3) is 0 Å². The number of hydrogen-bond donors (Lipinski definition) is 6. The molecule has 0 aromatic rings. The van der Waals surface area contributed by atoms with Crippen molar-refractivity contribution in [2.45, 2.75) is 24.4 Å². The van der Waals surface area contributed by atoms with E-state index in [0.717, 1.165) is 0 Å². The second-order valence-corrected chi connectivity index (χ2v) is 2.51. The van der Waals surface area contributed by atoms with Gasteiger partial charge in [-0.2, -0.15) is 0 Å². The van der Waals surface area contributed by atoms with Gasteiger partial charge in [-0.3, -0.25) is 0 Å². The van der Waals surface area contributed by atoms with E-state index in [0.29, 0.717) is 0 Å². The van der Waals surface area contributed by atoms with E-state index in [1.807, 2.05) is 0 Å². The number of carboxylic acids is 1. The zero-order valence-corrected chi connectivity index (χ0v) is 11.2. The van der Waals surface area contributed by atoms with E-state index in [4.69, 9.17) is 30.6 Å². The molecule has 0 aromatic carbocycles. The summed E-state index contributed by atoms with van der Waals surface area (Å²) in [5.74, 6) is -1.73. The van der Waals surface area contributed by atoms with Crippen molar-refractivity contribution in [3.05, 3.63) is 0 Å². The van der Waals surface area contributed by atoms with Crippen LogP contribution in [0.2, 0.25) is 0 Å². The second kappa shape index (κ2) is 9.98. The normalized spacial score (nSPS) is 17.7. The van der Waals surface area contributed by atoms with E-state index in [1.165, 1.54) is 0 Å². The van der Waals surface area contributed by atoms with E-state index in [-0.39, 0.29) is 48.1 Å². The summed E-state index contributed by atoms with van der Waals surface area (Å²) in [7, 11) is 0. The first-order valence-electron chi connectivity index (χ1n) is 3.47. The van der Waals surface area contributed by atoms with Gasteiger partial charge in [0.2, 0.25) is 0 Å². The summed E-state index contributed by atoms with van der Waals surface area (Å²) in [6, 6.07) is 0. The molecule has 1 radical (unpaired) electrons. The Hall–Kier alpha value is 0.789. The van der Waals surface area contributed by atoms with E-state index in [2.05, 4.69) is 0 Å². The van der Waals surface area contributed by atoms with Gasteiger partial charge >= 0.3 is 35.5 Å². The third-order valence-electron chi connectivity index (χ3n) is 1.51. The maximum Gasteiger partial charge on any atom is 1.00 e. The van der Waals surface area contributed by atoms with Gasteiger partial charge in [0.1, 0.15) is 18.3 Å². The maximum absolute atomic E-state index is 10.1. The van der Waals surface area contributed by atoms with E-state index < -0.39 is 37.0 Å². The van der Waals surface area contributed by atoms with Gasteiger partial charge in [0, 0.05) is 17.1 Å². The average molecular weight is 275 g/mol. The van der Waals surface area contributed by atoms with Crippen LogP contribution in [-0.4, -0.2) is 67.6 Å². The van der Waals surface area contributed by atoms with Crippen molar-refractivity contribution in [2.75, 3.05) is 6.61 Å². The van der Waals surface area contributed by atoms with Crippen LogP contribution in [0.5, 0.6) is 0 Å². The van der Waals surface area contributed by atoms with Gasteiger partial charge in [0.15, 0.2) is 6.10 Å². The molecule has 9 heteroatoms. The molecule has 0 rings (SSSR count). The van der Waals surface area contributed by atoms with Crippen molar-refractivity contribution < 1.29 is 83.5 Å². The summed E-state index contributed by atoms with van der Waals surface area (Å²) >= 11 is 0. The summed E-state index contributed by atoms with van der Waals surface area (Å²) < 4.78 is 0. The Morgan fingerprint density at radius 1 is 1.13 bits per heavy atom. The zero-order valence-electron chi connectivity index (χ0n) is 8.99. The third-order valence-corrected chi connectivity index (χ3v) is 1.51. The van der Waals surface area contributed by atoms with Gasteiger partial charge in [-0.05, 0) is 0 Å². The van der Waals surface area contributed by atoms with Crippen LogP contribution in [0.4, 0.5) is 0 Å². The largest absolute Gasteiger partial charge is 1.00 e. The molecule has 0 bridgehead atoms. The Kier molecular flexibility index (Phi) is 14.0. The van der Waals surface area contributed by atoms with Gasteiger partial charge in [-0.15, -0.1) is 0 Å². The molecule has 0 aliphatic heterocycles. The van der Waals surface area contributed by atoms with Gasteiger partial charge in [-0.1, -0.05) is 0 Å². The molecule has 7 nitrogen and oxygen atoms in total. The first-order valence-corrected chi connectivity index (χ1v) is 3.47. The molecule has 0 amide bonds. The first-order chi connectivity index (χ1) is 5.91. The summed E-state index contributed by atoms with van der Waals surface area (Å²) in [6.07, 6.45) is -7.84. The molecule has 4 atom stereocenters. The molecule has 87 valence electrons. The zero-order chi connectivity index (χ0) is 10.6. The Bertz CT molecular complexity index is 186. The maximum atomic E-state index is 10.1. The van der Waals surface area contributed by atoms with E-state index >= 15 is 0 Å². The molecule has 15 heavy (non-hydrogen) atoms. The number of rotatable bonds is 5. The van der Waals surface area contributed by atoms with Crippen molar-refractivity contribution in [1.29, 1.82) is 0 Å². The van der Waals surface area contributed by atoms with E-state index in [1.54, 1.807) is 0 Å². The molecular weight excluding hydrogens is 262 g/mol. The Morgan fingerprint density at radius 3 is 1.80 bits per heavy atom. The molecule has 0 heterocycles. The standard InChI is InChI=1S/C6H12O7.Mn.Na.H/c7-1-2(8)3(9)4(10)5(11)6(12)13;;;/h2-5,7-11H,1H2,(H,12,13);;;/q;;+1;-1/t2-,3-,4+,5-;;;/m1.../s1. The van der Waals surface area contributed by atoms with Gasteiger partial charge in [0.25, 0.3) is 0 Å². The van der Waals surface area contributed by atoms with Crippen LogP contribution in [0, 0.1) is 0 Å². The minimum Gasteiger partial charge on any atom is -1.00 e. The summed E-state index contributed by atoms with van der Waals surface area (Å²) in [5.41, 5.74) is 0. The average Bonchev–Trinajstić information content (AvgIpc) is 2.12.